The van der Waals surface area contributed by atoms with Crippen molar-refractivity contribution in [1.82, 2.24) is 5.32 Å². The zero-order chi connectivity index (χ0) is 19.7. The third-order valence-corrected chi connectivity index (χ3v) is 6.34. The smallest absolute Gasteiger partial charge is 0.168 e. The Morgan fingerprint density at radius 3 is 2.33 bits per heavy atom. The summed E-state index contributed by atoms with van der Waals surface area (Å²) in [6, 6.07) is 6.88. The van der Waals surface area contributed by atoms with Crippen molar-refractivity contribution < 1.29 is 14.6 Å². The van der Waals surface area contributed by atoms with Gasteiger partial charge in [0.15, 0.2) is 5.79 Å². The predicted octanol–water partition coefficient (Wildman–Crippen LogP) is 4.42. The summed E-state index contributed by atoms with van der Waals surface area (Å²) in [5, 5.41) is 14.6. The standard InChI is InChI=1S/C23H37NO3/c1-17-6-7-18(2)20(14-17)19(3)24-13-12-22(25)8-10-23(11-9-22)26-15-21(4,5)16-27-23/h6-7,14,19,24-25H,8-13,15-16H2,1-5H3/t19-/m0/s1. The lowest BCUT2D eigenvalue weighted by Gasteiger charge is -2.48. The van der Waals surface area contributed by atoms with Gasteiger partial charge in [0.25, 0.3) is 0 Å². The third-order valence-electron chi connectivity index (χ3n) is 6.34. The first kappa shape index (κ1) is 20.8. The summed E-state index contributed by atoms with van der Waals surface area (Å²) in [5.41, 5.74) is 3.42. The van der Waals surface area contributed by atoms with Crippen LogP contribution in [0.2, 0.25) is 0 Å². The second-order valence-electron chi connectivity index (χ2n) is 9.66. The number of rotatable bonds is 5. The van der Waals surface area contributed by atoms with Crippen LogP contribution < -0.4 is 5.32 Å². The van der Waals surface area contributed by atoms with Crippen LogP contribution in [0.1, 0.15) is 75.6 Å². The highest BCUT2D eigenvalue weighted by Crippen LogP contribution is 2.43. The molecule has 27 heavy (non-hydrogen) atoms. The first-order chi connectivity index (χ1) is 12.6. The van der Waals surface area contributed by atoms with E-state index in [2.05, 4.69) is 58.1 Å². The fraction of sp³-hybridized carbons (Fsp3) is 0.739. The van der Waals surface area contributed by atoms with Gasteiger partial charge in [0.1, 0.15) is 0 Å². The lowest BCUT2D eigenvalue weighted by molar-refractivity contribution is -0.319. The number of ether oxygens (including phenoxy) is 2. The summed E-state index contributed by atoms with van der Waals surface area (Å²) in [6.45, 7) is 13.1. The second kappa shape index (κ2) is 7.82. The van der Waals surface area contributed by atoms with Gasteiger partial charge < -0.3 is 19.9 Å². The van der Waals surface area contributed by atoms with Crippen LogP contribution >= 0.6 is 0 Å². The minimum absolute atomic E-state index is 0.0903. The van der Waals surface area contributed by atoms with E-state index in [-0.39, 0.29) is 11.5 Å². The summed E-state index contributed by atoms with van der Waals surface area (Å²) in [4.78, 5) is 0. The van der Waals surface area contributed by atoms with Crippen LogP contribution in [0.5, 0.6) is 0 Å². The molecule has 0 unspecified atom stereocenters. The maximum absolute atomic E-state index is 11.0. The van der Waals surface area contributed by atoms with Gasteiger partial charge in [0.05, 0.1) is 18.8 Å². The molecule has 1 aromatic carbocycles. The van der Waals surface area contributed by atoms with Gasteiger partial charge in [-0.3, -0.25) is 0 Å². The molecule has 0 amide bonds. The molecule has 4 nitrogen and oxygen atoms in total. The number of benzene rings is 1. The minimum atomic E-state index is -0.612. The van der Waals surface area contributed by atoms with Crippen molar-refractivity contribution in [3.63, 3.8) is 0 Å². The maximum Gasteiger partial charge on any atom is 0.168 e. The molecule has 1 atom stereocenters. The highest BCUT2D eigenvalue weighted by Gasteiger charge is 2.46. The summed E-state index contributed by atoms with van der Waals surface area (Å²) in [7, 11) is 0. The van der Waals surface area contributed by atoms with Crippen molar-refractivity contribution in [1.29, 1.82) is 0 Å². The van der Waals surface area contributed by atoms with Crippen molar-refractivity contribution in [3.05, 3.63) is 34.9 Å². The highest BCUT2D eigenvalue weighted by molar-refractivity contribution is 5.32. The number of nitrogens with one attached hydrogen (secondary N) is 1. The lowest BCUT2D eigenvalue weighted by Crippen LogP contribution is -2.52. The van der Waals surface area contributed by atoms with E-state index in [0.29, 0.717) is 0 Å². The minimum Gasteiger partial charge on any atom is -0.390 e. The number of aliphatic hydroxyl groups is 1. The SMILES string of the molecule is Cc1ccc(C)c([C@H](C)NCCC2(O)CCC3(CC2)OCC(C)(C)CO3)c1. The molecule has 0 bridgehead atoms. The van der Waals surface area contributed by atoms with E-state index in [1.165, 1.54) is 16.7 Å². The van der Waals surface area contributed by atoms with Gasteiger partial charge in [0, 0.05) is 24.3 Å². The molecule has 1 saturated heterocycles. The number of hydrogen-bond donors (Lipinski definition) is 2. The van der Waals surface area contributed by atoms with Crippen LogP contribution in [0.15, 0.2) is 18.2 Å². The van der Waals surface area contributed by atoms with E-state index in [0.717, 1.165) is 51.9 Å². The molecule has 1 aliphatic heterocycles. The Kier molecular flexibility index (Phi) is 6.02. The third kappa shape index (κ3) is 5.11. The molecule has 1 aromatic rings. The van der Waals surface area contributed by atoms with E-state index in [1.54, 1.807) is 0 Å². The molecule has 3 rings (SSSR count). The van der Waals surface area contributed by atoms with Crippen LogP contribution in [-0.4, -0.2) is 36.3 Å². The average Bonchev–Trinajstić information content (AvgIpc) is 2.62. The average molecular weight is 376 g/mol. The lowest BCUT2D eigenvalue weighted by atomic mass is 9.78. The summed E-state index contributed by atoms with van der Waals surface area (Å²) >= 11 is 0. The molecular formula is C23H37NO3. The number of hydrogen-bond acceptors (Lipinski definition) is 4. The van der Waals surface area contributed by atoms with Gasteiger partial charge >= 0.3 is 0 Å². The molecule has 1 spiro atoms. The van der Waals surface area contributed by atoms with Crippen LogP contribution in [0, 0.1) is 19.3 Å². The molecule has 1 heterocycles. The fourth-order valence-corrected chi connectivity index (χ4v) is 4.23. The van der Waals surface area contributed by atoms with Gasteiger partial charge in [-0.25, -0.2) is 0 Å². The Morgan fingerprint density at radius 2 is 1.70 bits per heavy atom. The van der Waals surface area contributed by atoms with Crippen molar-refractivity contribution >= 4 is 0 Å². The van der Waals surface area contributed by atoms with Crippen molar-refractivity contribution in [3.8, 4) is 0 Å². The van der Waals surface area contributed by atoms with Gasteiger partial charge in [-0.1, -0.05) is 37.6 Å². The van der Waals surface area contributed by atoms with Crippen molar-refractivity contribution in [2.45, 2.75) is 84.2 Å². The van der Waals surface area contributed by atoms with Gasteiger partial charge in [-0.05, 0) is 57.7 Å². The molecule has 1 saturated carbocycles. The predicted molar refractivity (Wildman–Crippen MR) is 109 cm³/mol. The Morgan fingerprint density at radius 1 is 1.07 bits per heavy atom. The van der Waals surface area contributed by atoms with Crippen LogP contribution in [0.4, 0.5) is 0 Å². The molecule has 4 heteroatoms. The first-order valence-corrected chi connectivity index (χ1v) is 10.4. The molecule has 2 fully saturated rings. The maximum atomic E-state index is 11.0. The summed E-state index contributed by atoms with van der Waals surface area (Å²) in [5.74, 6) is -0.457. The summed E-state index contributed by atoms with van der Waals surface area (Å²) in [6.07, 6.45) is 3.82. The zero-order valence-corrected chi connectivity index (χ0v) is 17.7. The van der Waals surface area contributed by atoms with Crippen molar-refractivity contribution in [2.24, 2.45) is 5.41 Å². The van der Waals surface area contributed by atoms with E-state index < -0.39 is 11.4 Å². The van der Waals surface area contributed by atoms with E-state index >= 15 is 0 Å². The summed E-state index contributed by atoms with van der Waals surface area (Å²) < 4.78 is 12.2. The Hall–Kier alpha value is -0.940. The molecule has 0 aromatic heterocycles. The Balaban J connectivity index is 1.47. The fourth-order valence-electron chi connectivity index (χ4n) is 4.23. The van der Waals surface area contributed by atoms with Crippen LogP contribution in [0.25, 0.3) is 0 Å². The molecule has 2 aliphatic rings. The zero-order valence-electron chi connectivity index (χ0n) is 17.7. The monoisotopic (exact) mass is 375 g/mol. The molecule has 0 radical (unpaired) electrons. The van der Waals surface area contributed by atoms with Gasteiger partial charge in [0.2, 0.25) is 0 Å². The Bertz CT molecular complexity index is 635. The largest absolute Gasteiger partial charge is 0.390 e. The molecular weight excluding hydrogens is 338 g/mol. The first-order valence-electron chi connectivity index (χ1n) is 10.4. The van der Waals surface area contributed by atoms with Crippen LogP contribution in [-0.2, 0) is 9.47 Å². The molecule has 1 aliphatic carbocycles. The van der Waals surface area contributed by atoms with Crippen LogP contribution in [0.3, 0.4) is 0 Å². The van der Waals surface area contributed by atoms with E-state index in [9.17, 15) is 5.11 Å². The second-order valence-corrected chi connectivity index (χ2v) is 9.66. The molecule has 2 N–H and O–H groups in total. The normalized spacial score (nSPS) is 24.7. The number of aryl methyl sites for hydroxylation is 2. The topological polar surface area (TPSA) is 50.7 Å². The Labute approximate surface area is 164 Å². The van der Waals surface area contributed by atoms with Gasteiger partial charge in [-0.2, -0.15) is 0 Å². The van der Waals surface area contributed by atoms with E-state index in [1.807, 2.05) is 0 Å². The highest BCUT2D eigenvalue weighted by atomic mass is 16.7. The van der Waals surface area contributed by atoms with Crippen molar-refractivity contribution in [2.75, 3.05) is 19.8 Å². The molecule has 152 valence electrons. The van der Waals surface area contributed by atoms with E-state index in [4.69, 9.17) is 9.47 Å². The quantitative estimate of drug-likeness (QED) is 0.800. The van der Waals surface area contributed by atoms with Gasteiger partial charge in [-0.15, -0.1) is 0 Å².